The molecule has 1 saturated heterocycles. The lowest BCUT2D eigenvalue weighted by Crippen LogP contribution is -2.28. The third kappa shape index (κ3) is 2.77. The summed E-state index contributed by atoms with van der Waals surface area (Å²) in [7, 11) is 0. The van der Waals surface area contributed by atoms with E-state index in [1.165, 1.54) is 10.3 Å². The van der Waals surface area contributed by atoms with Crippen molar-refractivity contribution in [1.29, 1.82) is 0 Å². The van der Waals surface area contributed by atoms with Gasteiger partial charge in [0.2, 0.25) is 0 Å². The molecule has 2 aromatic carbocycles. The van der Waals surface area contributed by atoms with E-state index in [0.29, 0.717) is 12.5 Å². The molecule has 2 aliphatic heterocycles. The molecule has 0 bridgehead atoms. The first-order valence-electron chi connectivity index (χ1n) is 8.87. The molecule has 1 atom stereocenters. The monoisotopic (exact) mass is 352 g/mol. The molecule has 1 unspecified atom stereocenters. The molecule has 5 rings (SSSR count). The van der Waals surface area contributed by atoms with Crippen LogP contribution in [0.4, 0.5) is 0 Å². The maximum Gasteiger partial charge on any atom is 0.184 e. The topological polar surface area (TPSA) is 43.4 Å². The van der Waals surface area contributed by atoms with E-state index in [2.05, 4.69) is 23.5 Å². The van der Waals surface area contributed by atoms with Crippen molar-refractivity contribution in [2.24, 2.45) is 0 Å². The van der Waals surface area contributed by atoms with Gasteiger partial charge in [-0.25, -0.2) is 4.98 Å². The van der Waals surface area contributed by atoms with Crippen molar-refractivity contribution < 1.29 is 9.47 Å². The summed E-state index contributed by atoms with van der Waals surface area (Å²) in [5.41, 5.74) is 2.32. The molecule has 1 fully saturated rings. The molecule has 0 amide bonds. The molecule has 0 aliphatic carbocycles. The molecule has 1 N–H and O–H groups in total. The molecule has 1 aromatic heterocycles. The Hall–Kier alpha value is -2.11. The molecule has 3 heterocycles. The van der Waals surface area contributed by atoms with Gasteiger partial charge in [-0.15, -0.1) is 11.3 Å². The Balaban J connectivity index is 1.44. The number of nitrogens with zero attached hydrogens (tertiary/aromatic N) is 1. The van der Waals surface area contributed by atoms with Crippen molar-refractivity contribution in [2.45, 2.75) is 24.9 Å². The second-order valence-corrected chi connectivity index (χ2v) is 7.70. The van der Waals surface area contributed by atoms with Crippen LogP contribution in [0.1, 0.15) is 35.4 Å². The number of para-hydroxylation sites is 2. The molecular weight excluding hydrogens is 332 g/mol. The van der Waals surface area contributed by atoms with E-state index in [4.69, 9.17) is 14.5 Å². The van der Waals surface area contributed by atoms with E-state index in [0.717, 1.165) is 48.0 Å². The van der Waals surface area contributed by atoms with Crippen LogP contribution in [0.15, 0.2) is 42.5 Å². The van der Waals surface area contributed by atoms with Crippen LogP contribution in [0.25, 0.3) is 10.2 Å². The number of hydrogen-bond donors (Lipinski definition) is 1. The van der Waals surface area contributed by atoms with Crippen LogP contribution >= 0.6 is 11.3 Å². The smallest absolute Gasteiger partial charge is 0.184 e. The lowest BCUT2D eigenvalue weighted by Gasteiger charge is -2.30. The summed E-state index contributed by atoms with van der Waals surface area (Å²) in [6.45, 7) is 2.67. The summed E-state index contributed by atoms with van der Waals surface area (Å²) in [6.07, 6.45) is 2.18. The second-order valence-electron chi connectivity index (χ2n) is 6.64. The lowest BCUT2D eigenvalue weighted by molar-refractivity contribution is 0.0894. The minimum absolute atomic E-state index is 0.131. The molecule has 0 spiro atoms. The minimum atomic E-state index is -0.131. The van der Waals surface area contributed by atoms with Gasteiger partial charge in [-0.2, -0.15) is 0 Å². The molecule has 3 aromatic rings. The second kappa shape index (κ2) is 6.32. The number of piperidine rings is 1. The van der Waals surface area contributed by atoms with Gasteiger partial charge < -0.3 is 14.8 Å². The van der Waals surface area contributed by atoms with Crippen LogP contribution in [0.2, 0.25) is 0 Å². The SMILES string of the molecule is c1cc2c(c(C3CCNCC3)c1)OCC(c1nc3ccccc3s1)O2. The first-order chi connectivity index (χ1) is 12.4. The number of thiazole rings is 1. The fourth-order valence-electron chi connectivity index (χ4n) is 3.73. The Labute approximate surface area is 150 Å². The molecule has 2 aliphatic rings. The van der Waals surface area contributed by atoms with Crippen LogP contribution in [0.5, 0.6) is 11.5 Å². The van der Waals surface area contributed by atoms with Crippen molar-refractivity contribution in [3.8, 4) is 11.5 Å². The first-order valence-corrected chi connectivity index (χ1v) is 9.69. The third-order valence-corrected chi connectivity index (χ3v) is 6.15. The predicted molar refractivity (Wildman–Crippen MR) is 99.8 cm³/mol. The van der Waals surface area contributed by atoms with Gasteiger partial charge in [0.05, 0.1) is 10.2 Å². The van der Waals surface area contributed by atoms with E-state index in [1.807, 2.05) is 24.3 Å². The van der Waals surface area contributed by atoms with Gasteiger partial charge in [0.15, 0.2) is 17.6 Å². The highest BCUT2D eigenvalue weighted by molar-refractivity contribution is 7.18. The highest BCUT2D eigenvalue weighted by Crippen LogP contribution is 2.44. The van der Waals surface area contributed by atoms with Gasteiger partial charge in [-0.1, -0.05) is 24.3 Å². The van der Waals surface area contributed by atoms with Crippen LogP contribution in [-0.2, 0) is 0 Å². The first kappa shape index (κ1) is 15.2. The van der Waals surface area contributed by atoms with Gasteiger partial charge >= 0.3 is 0 Å². The van der Waals surface area contributed by atoms with E-state index in [9.17, 15) is 0 Å². The third-order valence-electron chi connectivity index (χ3n) is 5.02. The average Bonchev–Trinajstić information content (AvgIpc) is 3.12. The van der Waals surface area contributed by atoms with Crippen LogP contribution in [-0.4, -0.2) is 24.7 Å². The number of benzene rings is 2. The fourth-order valence-corrected chi connectivity index (χ4v) is 4.71. The zero-order valence-corrected chi connectivity index (χ0v) is 14.7. The van der Waals surface area contributed by atoms with Crippen LogP contribution < -0.4 is 14.8 Å². The Morgan fingerprint density at radius 1 is 1.04 bits per heavy atom. The van der Waals surface area contributed by atoms with Gasteiger partial charge in [0.1, 0.15) is 11.6 Å². The predicted octanol–water partition coefficient (Wildman–Crippen LogP) is 4.28. The molecule has 5 heteroatoms. The number of hydrogen-bond acceptors (Lipinski definition) is 5. The van der Waals surface area contributed by atoms with Gasteiger partial charge in [0.25, 0.3) is 0 Å². The highest BCUT2D eigenvalue weighted by atomic mass is 32.1. The summed E-state index contributed by atoms with van der Waals surface area (Å²) >= 11 is 1.69. The summed E-state index contributed by atoms with van der Waals surface area (Å²) in [5, 5.41) is 4.41. The Bertz CT molecular complexity index is 869. The van der Waals surface area contributed by atoms with Crippen molar-refractivity contribution in [3.05, 3.63) is 53.0 Å². The Kier molecular flexibility index (Phi) is 3.83. The summed E-state index contributed by atoms with van der Waals surface area (Å²) in [4.78, 5) is 4.73. The number of aromatic nitrogens is 1. The van der Waals surface area contributed by atoms with Gasteiger partial charge in [0, 0.05) is 5.56 Å². The zero-order valence-electron chi connectivity index (χ0n) is 13.9. The number of ether oxygens (including phenoxy) is 2. The van der Waals surface area contributed by atoms with Crippen LogP contribution in [0.3, 0.4) is 0 Å². The van der Waals surface area contributed by atoms with E-state index < -0.39 is 0 Å². The summed E-state index contributed by atoms with van der Waals surface area (Å²) in [5.74, 6) is 2.34. The molecule has 128 valence electrons. The Morgan fingerprint density at radius 3 is 2.80 bits per heavy atom. The number of fused-ring (bicyclic) bond motifs is 2. The molecule has 4 nitrogen and oxygen atoms in total. The molecule has 25 heavy (non-hydrogen) atoms. The lowest BCUT2D eigenvalue weighted by atomic mass is 9.89. The van der Waals surface area contributed by atoms with Crippen molar-refractivity contribution >= 4 is 21.6 Å². The van der Waals surface area contributed by atoms with Gasteiger partial charge in [-0.3, -0.25) is 0 Å². The molecule has 0 saturated carbocycles. The summed E-state index contributed by atoms with van der Waals surface area (Å²) < 4.78 is 13.7. The maximum atomic E-state index is 6.29. The quantitative estimate of drug-likeness (QED) is 0.748. The number of nitrogens with one attached hydrogen (secondary N) is 1. The standard InChI is InChI=1S/C20H20N2O2S/c1-2-7-18-15(5-1)22-20(25-18)17-12-23-19-14(4-3-6-16(19)24-17)13-8-10-21-11-9-13/h1-7,13,17,21H,8-12H2. The van der Waals surface area contributed by atoms with Crippen molar-refractivity contribution in [2.75, 3.05) is 19.7 Å². The molecule has 0 radical (unpaired) electrons. The highest BCUT2D eigenvalue weighted by Gasteiger charge is 2.29. The minimum Gasteiger partial charge on any atom is -0.485 e. The number of rotatable bonds is 2. The van der Waals surface area contributed by atoms with Crippen LogP contribution in [0, 0.1) is 0 Å². The van der Waals surface area contributed by atoms with E-state index in [1.54, 1.807) is 11.3 Å². The Morgan fingerprint density at radius 2 is 1.92 bits per heavy atom. The maximum absolute atomic E-state index is 6.29. The zero-order chi connectivity index (χ0) is 16.6. The van der Waals surface area contributed by atoms with Gasteiger partial charge in [-0.05, 0) is 50.0 Å². The molecular formula is C20H20N2O2S. The largest absolute Gasteiger partial charge is 0.485 e. The normalized spacial score (nSPS) is 20.7. The average molecular weight is 352 g/mol. The van der Waals surface area contributed by atoms with Crippen molar-refractivity contribution in [1.82, 2.24) is 10.3 Å². The van der Waals surface area contributed by atoms with Crippen molar-refractivity contribution in [3.63, 3.8) is 0 Å². The summed E-state index contributed by atoms with van der Waals surface area (Å²) in [6, 6.07) is 14.5. The fraction of sp³-hybridized carbons (Fsp3) is 0.350. The van der Waals surface area contributed by atoms with E-state index >= 15 is 0 Å². The van der Waals surface area contributed by atoms with E-state index in [-0.39, 0.29) is 6.10 Å².